The maximum absolute atomic E-state index is 12.5. The lowest BCUT2D eigenvalue weighted by molar-refractivity contribution is -0.151. The average Bonchev–Trinajstić information content (AvgIpc) is 2.49. The molecule has 126 valence electrons. The number of halogens is 1. The number of benzene rings is 1. The predicted octanol–water partition coefficient (Wildman–Crippen LogP) is 2.23. The third-order valence-electron chi connectivity index (χ3n) is 3.59. The first kappa shape index (κ1) is 17.7. The minimum Gasteiger partial charge on any atom is -0.481 e. The van der Waals surface area contributed by atoms with Gasteiger partial charge in [0.05, 0.1) is 23.6 Å². The minimum absolute atomic E-state index is 0.109. The van der Waals surface area contributed by atoms with Crippen LogP contribution in [0.3, 0.4) is 0 Å². The van der Waals surface area contributed by atoms with Crippen molar-refractivity contribution in [2.45, 2.75) is 32.5 Å². The van der Waals surface area contributed by atoms with Crippen LogP contribution >= 0.6 is 15.9 Å². The number of carboxylic acid groups (broad SMARTS) is 1. The first-order chi connectivity index (χ1) is 10.9. The van der Waals surface area contributed by atoms with E-state index < -0.39 is 18.2 Å². The second kappa shape index (κ2) is 7.79. The highest BCUT2D eigenvalue weighted by Crippen LogP contribution is 2.27. The maximum atomic E-state index is 12.5. The van der Waals surface area contributed by atoms with Crippen molar-refractivity contribution in [1.29, 1.82) is 0 Å². The monoisotopic (exact) mass is 385 g/mol. The number of carbonyl (C=O) groups is 2. The average molecular weight is 386 g/mol. The van der Waals surface area contributed by atoms with Crippen LogP contribution in [-0.2, 0) is 14.3 Å². The molecule has 1 heterocycles. The Bertz CT molecular complexity index is 592. The smallest absolute Gasteiger partial charge is 0.306 e. The molecule has 6 nitrogen and oxygen atoms in total. The molecule has 1 fully saturated rings. The standard InChI is InChI=1S/C16H20BrNO5/c1-10-3-4-14(13(17)7-10)23-11(2)16(21)18-5-6-22-12(9-18)8-15(19)20/h3-4,7,11-12H,5-6,8-9H2,1-2H3,(H,19,20)/t11-,12+/m0/s1. The summed E-state index contributed by atoms with van der Waals surface area (Å²) in [7, 11) is 0. The van der Waals surface area contributed by atoms with Crippen LogP contribution < -0.4 is 4.74 Å². The van der Waals surface area contributed by atoms with Gasteiger partial charge in [-0.2, -0.15) is 0 Å². The van der Waals surface area contributed by atoms with Crippen molar-refractivity contribution in [3.63, 3.8) is 0 Å². The van der Waals surface area contributed by atoms with E-state index in [9.17, 15) is 9.59 Å². The van der Waals surface area contributed by atoms with E-state index in [1.54, 1.807) is 11.8 Å². The third kappa shape index (κ3) is 4.94. The minimum atomic E-state index is -0.933. The van der Waals surface area contributed by atoms with Crippen molar-refractivity contribution >= 4 is 27.8 Å². The van der Waals surface area contributed by atoms with Crippen molar-refractivity contribution in [3.8, 4) is 5.75 Å². The van der Waals surface area contributed by atoms with Crippen molar-refractivity contribution < 1.29 is 24.2 Å². The summed E-state index contributed by atoms with van der Waals surface area (Å²) in [6, 6.07) is 5.65. The molecular weight excluding hydrogens is 366 g/mol. The summed E-state index contributed by atoms with van der Waals surface area (Å²) in [6.07, 6.45) is -1.23. The number of nitrogens with zero attached hydrogens (tertiary/aromatic N) is 1. The van der Waals surface area contributed by atoms with Gasteiger partial charge < -0.3 is 19.5 Å². The van der Waals surface area contributed by atoms with E-state index in [0.717, 1.165) is 10.0 Å². The molecule has 1 aliphatic heterocycles. The first-order valence-corrected chi connectivity index (χ1v) is 8.21. The zero-order valence-corrected chi connectivity index (χ0v) is 14.7. The molecule has 1 N–H and O–H groups in total. The highest BCUT2D eigenvalue weighted by Gasteiger charge is 2.29. The molecule has 0 radical (unpaired) electrons. The quantitative estimate of drug-likeness (QED) is 0.840. The molecule has 23 heavy (non-hydrogen) atoms. The Hall–Kier alpha value is -1.60. The summed E-state index contributed by atoms with van der Waals surface area (Å²) >= 11 is 3.42. The van der Waals surface area contributed by atoms with Gasteiger partial charge in [0, 0.05) is 13.1 Å². The number of hydrogen-bond acceptors (Lipinski definition) is 4. The summed E-state index contributed by atoms with van der Waals surface area (Å²) in [4.78, 5) is 24.9. The molecular formula is C16H20BrNO5. The van der Waals surface area contributed by atoms with Gasteiger partial charge in [0.25, 0.3) is 5.91 Å². The normalized spacial score (nSPS) is 19.3. The number of ether oxygens (including phenoxy) is 2. The van der Waals surface area contributed by atoms with Gasteiger partial charge in [-0.3, -0.25) is 9.59 Å². The topological polar surface area (TPSA) is 76.1 Å². The van der Waals surface area contributed by atoms with Crippen LogP contribution in [0.25, 0.3) is 0 Å². The third-order valence-corrected chi connectivity index (χ3v) is 4.21. The largest absolute Gasteiger partial charge is 0.481 e. The number of carboxylic acids is 1. The highest BCUT2D eigenvalue weighted by atomic mass is 79.9. The molecule has 0 aliphatic carbocycles. The first-order valence-electron chi connectivity index (χ1n) is 7.42. The Morgan fingerprint density at radius 2 is 2.26 bits per heavy atom. The summed E-state index contributed by atoms with van der Waals surface area (Å²) in [5.41, 5.74) is 1.09. The number of rotatable bonds is 5. The maximum Gasteiger partial charge on any atom is 0.306 e. The number of amides is 1. The molecule has 1 amide bonds. The fourth-order valence-electron chi connectivity index (χ4n) is 2.44. The Morgan fingerprint density at radius 3 is 2.91 bits per heavy atom. The molecule has 0 spiro atoms. The second-order valence-corrected chi connectivity index (χ2v) is 6.42. The van der Waals surface area contributed by atoms with E-state index in [4.69, 9.17) is 14.6 Å². The van der Waals surface area contributed by atoms with Crippen LogP contribution in [0.15, 0.2) is 22.7 Å². The highest BCUT2D eigenvalue weighted by molar-refractivity contribution is 9.10. The molecule has 7 heteroatoms. The molecule has 0 saturated carbocycles. The molecule has 2 atom stereocenters. The number of aryl methyl sites for hydroxylation is 1. The van der Waals surface area contributed by atoms with Gasteiger partial charge in [-0.15, -0.1) is 0 Å². The molecule has 0 aromatic heterocycles. The number of hydrogen-bond donors (Lipinski definition) is 1. The van der Waals surface area contributed by atoms with Crippen molar-refractivity contribution in [2.24, 2.45) is 0 Å². The zero-order valence-electron chi connectivity index (χ0n) is 13.1. The molecule has 1 aromatic rings. The van der Waals surface area contributed by atoms with Crippen molar-refractivity contribution in [3.05, 3.63) is 28.2 Å². The lowest BCUT2D eigenvalue weighted by atomic mass is 10.2. The van der Waals surface area contributed by atoms with Crippen molar-refractivity contribution in [1.82, 2.24) is 4.90 Å². The van der Waals surface area contributed by atoms with Gasteiger partial charge in [-0.25, -0.2) is 0 Å². The number of carbonyl (C=O) groups excluding carboxylic acids is 1. The molecule has 0 bridgehead atoms. The lowest BCUT2D eigenvalue weighted by Gasteiger charge is -2.33. The van der Waals surface area contributed by atoms with E-state index in [1.807, 2.05) is 25.1 Å². The number of aliphatic carboxylic acids is 1. The molecule has 1 aromatic carbocycles. The fourth-order valence-corrected chi connectivity index (χ4v) is 3.02. The number of morpholine rings is 1. The SMILES string of the molecule is Cc1ccc(O[C@@H](C)C(=O)N2CCO[C@H](CC(=O)O)C2)c(Br)c1. The van der Waals surface area contributed by atoms with E-state index in [2.05, 4.69) is 15.9 Å². The summed E-state index contributed by atoms with van der Waals surface area (Å²) in [5.74, 6) is -0.500. The molecule has 1 aliphatic rings. The Labute approximate surface area is 143 Å². The fraction of sp³-hybridized carbons (Fsp3) is 0.500. The van der Waals surface area contributed by atoms with E-state index >= 15 is 0 Å². The Balaban J connectivity index is 1.97. The van der Waals surface area contributed by atoms with Gasteiger partial charge >= 0.3 is 5.97 Å². The second-order valence-electron chi connectivity index (χ2n) is 5.57. The van der Waals surface area contributed by atoms with Gasteiger partial charge in [0.15, 0.2) is 6.10 Å². The summed E-state index contributed by atoms with van der Waals surface area (Å²) < 4.78 is 11.9. The predicted molar refractivity (Wildman–Crippen MR) is 87.5 cm³/mol. The Morgan fingerprint density at radius 1 is 1.52 bits per heavy atom. The van der Waals surface area contributed by atoms with E-state index in [1.165, 1.54) is 0 Å². The van der Waals surface area contributed by atoms with Gasteiger partial charge in [-0.1, -0.05) is 6.07 Å². The van der Waals surface area contributed by atoms with Crippen LogP contribution in [-0.4, -0.2) is 53.8 Å². The molecule has 0 unspecified atom stereocenters. The Kier molecular flexibility index (Phi) is 6.01. The lowest BCUT2D eigenvalue weighted by Crippen LogP contribution is -2.50. The van der Waals surface area contributed by atoms with E-state index in [0.29, 0.717) is 18.9 Å². The van der Waals surface area contributed by atoms with Crippen LogP contribution in [0.2, 0.25) is 0 Å². The molecule has 2 rings (SSSR count). The van der Waals surface area contributed by atoms with Gasteiger partial charge in [-0.05, 0) is 47.5 Å². The summed E-state index contributed by atoms with van der Waals surface area (Å²) in [5, 5.41) is 8.83. The van der Waals surface area contributed by atoms with Crippen LogP contribution in [0.5, 0.6) is 5.75 Å². The van der Waals surface area contributed by atoms with Crippen LogP contribution in [0.4, 0.5) is 0 Å². The molecule has 1 saturated heterocycles. The summed E-state index contributed by atoms with van der Waals surface area (Å²) in [6.45, 7) is 4.71. The van der Waals surface area contributed by atoms with Gasteiger partial charge in [0.1, 0.15) is 5.75 Å². The zero-order chi connectivity index (χ0) is 17.0. The van der Waals surface area contributed by atoms with E-state index in [-0.39, 0.29) is 18.9 Å². The van der Waals surface area contributed by atoms with Crippen molar-refractivity contribution in [2.75, 3.05) is 19.7 Å². The van der Waals surface area contributed by atoms with Crippen LogP contribution in [0, 0.1) is 6.92 Å². The van der Waals surface area contributed by atoms with Crippen LogP contribution in [0.1, 0.15) is 18.9 Å². The van der Waals surface area contributed by atoms with Gasteiger partial charge in [0.2, 0.25) is 0 Å².